The van der Waals surface area contributed by atoms with Crippen molar-refractivity contribution in [2.75, 3.05) is 5.32 Å². The molecule has 3 atom stereocenters. The van der Waals surface area contributed by atoms with Gasteiger partial charge in [0.25, 0.3) is 0 Å². The number of carbonyl (C=O) groups is 3. The number of imide groups is 1. The minimum atomic E-state index is -3.56. The van der Waals surface area contributed by atoms with Gasteiger partial charge in [0.15, 0.2) is 0 Å². The van der Waals surface area contributed by atoms with Crippen molar-refractivity contribution in [2.45, 2.75) is 62.4 Å². The van der Waals surface area contributed by atoms with E-state index >= 15 is 0 Å². The van der Waals surface area contributed by atoms with Gasteiger partial charge in [0.1, 0.15) is 6.04 Å². The lowest BCUT2D eigenvalue weighted by Gasteiger charge is -2.22. The van der Waals surface area contributed by atoms with Gasteiger partial charge < -0.3 is 5.32 Å². The second-order valence-electron chi connectivity index (χ2n) is 8.13. The van der Waals surface area contributed by atoms with Crippen LogP contribution in [0, 0.1) is 11.8 Å². The molecule has 1 aromatic rings. The second-order valence-corrected chi connectivity index (χ2v) is 9.84. The number of nitrogens with zero attached hydrogens (tertiary/aromatic N) is 1. The van der Waals surface area contributed by atoms with E-state index < -0.39 is 22.0 Å². The predicted molar refractivity (Wildman–Crippen MR) is 105 cm³/mol. The Bertz CT molecular complexity index is 915. The van der Waals surface area contributed by atoms with Gasteiger partial charge in [-0.25, -0.2) is 13.1 Å². The summed E-state index contributed by atoms with van der Waals surface area (Å²) in [7, 11) is -3.56. The van der Waals surface area contributed by atoms with Crippen LogP contribution in [0.5, 0.6) is 0 Å². The first-order valence-electron chi connectivity index (χ1n) is 10.1. The number of nitrogens with one attached hydrogen (secondary N) is 2. The van der Waals surface area contributed by atoms with E-state index in [2.05, 4.69) is 10.0 Å². The summed E-state index contributed by atoms with van der Waals surface area (Å²) in [5, 5.41) is 2.67. The van der Waals surface area contributed by atoms with E-state index in [9.17, 15) is 22.8 Å². The Morgan fingerprint density at radius 1 is 1.00 bits per heavy atom. The van der Waals surface area contributed by atoms with Gasteiger partial charge in [-0.1, -0.05) is 12.8 Å². The van der Waals surface area contributed by atoms with Crippen molar-refractivity contribution in [3.05, 3.63) is 24.3 Å². The van der Waals surface area contributed by atoms with Crippen LogP contribution >= 0.6 is 0 Å². The van der Waals surface area contributed by atoms with Crippen LogP contribution in [0.3, 0.4) is 0 Å². The Kier molecular flexibility index (Phi) is 5.20. The van der Waals surface area contributed by atoms with Crippen LogP contribution in [0.15, 0.2) is 29.2 Å². The lowest BCUT2D eigenvalue weighted by molar-refractivity contribution is -0.146. The Morgan fingerprint density at radius 2 is 1.55 bits per heavy atom. The predicted octanol–water partition coefficient (Wildman–Crippen LogP) is 1.63. The van der Waals surface area contributed by atoms with Crippen molar-refractivity contribution in [3.63, 3.8) is 0 Å². The first kappa shape index (κ1) is 20.0. The topological polar surface area (TPSA) is 113 Å². The van der Waals surface area contributed by atoms with E-state index in [0.29, 0.717) is 18.5 Å². The fourth-order valence-electron chi connectivity index (χ4n) is 4.14. The van der Waals surface area contributed by atoms with Gasteiger partial charge >= 0.3 is 0 Å². The number of carbonyl (C=O) groups excluding carboxylic acids is 3. The summed E-state index contributed by atoms with van der Waals surface area (Å²) in [6.45, 7) is 1.54. The number of hydrogen-bond donors (Lipinski definition) is 2. The van der Waals surface area contributed by atoms with Gasteiger partial charge in [0, 0.05) is 11.7 Å². The molecule has 2 saturated carbocycles. The molecule has 0 radical (unpaired) electrons. The van der Waals surface area contributed by atoms with Crippen LogP contribution < -0.4 is 10.0 Å². The molecule has 29 heavy (non-hydrogen) atoms. The Balaban J connectivity index is 1.42. The van der Waals surface area contributed by atoms with Gasteiger partial charge in [0.2, 0.25) is 27.7 Å². The molecule has 9 heteroatoms. The maximum Gasteiger partial charge on any atom is 0.247 e. The molecule has 1 aliphatic heterocycles. The first-order chi connectivity index (χ1) is 13.8. The average Bonchev–Trinajstić information content (AvgIpc) is 3.47. The molecular weight excluding hydrogens is 394 g/mol. The molecule has 3 aliphatic rings. The fourth-order valence-corrected chi connectivity index (χ4v) is 5.44. The summed E-state index contributed by atoms with van der Waals surface area (Å²) in [4.78, 5) is 39.2. The van der Waals surface area contributed by atoms with E-state index in [1.54, 1.807) is 6.92 Å². The minimum Gasteiger partial charge on any atom is -0.324 e. The highest BCUT2D eigenvalue weighted by Crippen LogP contribution is 2.39. The number of fused-ring (bicyclic) bond motifs is 1. The lowest BCUT2D eigenvalue weighted by atomic mass is 9.81. The van der Waals surface area contributed by atoms with Crippen molar-refractivity contribution in [1.82, 2.24) is 9.62 Å². The molecule has 1 heterocycles. The molecule has 3 fully saturated rings. The van der Waals surface area contributed by atoms with Gasteiger partial charge in [-0.15, -0.1) is 0 Å². The maximum absolute atomic E-state index is 12.6. The molecule has 2 N–H and O–H groups in total. The zero-order valence-corrected chi connectivity index (χ0v) is 17.1. The summed E-state index contributed by atoms with van der Waals surface area (Å²) >= 11 is 0. The quantitative estimate of drug-likeness (QED) is 0.681. The van der Waals surface area contributed by atoms with Crippen LogP contribution in [0.2, 0.25) is 0 Å². The standard InChI is InChI=1S/C20H25N3O5S/c1-12(23-19(25)16-4-2-3-5-17(16)20(23)26)18(24)21-13-8-10-15(11-9-13)29(27,28)22-14-6-7-14/h8-12,14,16-17,22H,2-7H2,1H3,(H,21,24)/t12-,16-,17+/m0/s1. The van der Waals surface area contributed by atoms with E-state index in [4.69, 9.17) is 0 Å². The molecule has 0 bridgehead atoms. The SMILES string of the molecule is C[C@@H](C(=O)Nc1ccc(S(=O)(=O)NC2CC2)cc1)N1C(=O)[C@H]2CCCC[C@H]2C1=O. The summed E-state index contributed by atoms with van der Waals surface area (Å²) < 4.78 is 27.0. The molecule has 3 amide bonds. The largest absolute Gasteiger partial charge is 0.324 e. The molecule has 0 spiro atoms. The van der Waals surface area contributed by atoms with E-state index in [-0.39, 0.29) is 34.6 Å². The van der Waals surface area contributed by atoms with Crippen molar-refractivity contribution in [1.29, 1.82) is 0 Å². The number of anilines is 1. The summed E-state index contributed by atoms with van der Waals surface area (Å²) in [6.07, 6.45) is 4.95. The van der Waals surface area contributed by atoms with Crippen molar-refractivity contribution in [3.8, 4) is 0 Å². The van der Waals surface area contributed by atoms with Gasteiger partial charge in [-0.05, 0) is 56.9 Å². The number of hydrogen-bond acceptors (Lipinski definition) is 5. The second kappa shape index (κ2) is 7.53. The normalized spacial score (nSPS) is 25.6. The highest BCUT2D eigenvalue weighted by Gasteiger charge is 2.50. The number of amides is 3. The first-order valence-corrected chi connectivity index (χ1v) is 11.6. The smallest absolute Gasteiger partial charge is 0.247 e. The lowest BCUT2D eigenvalue weighted by Crippen LogP contribution is -2.46. The fraction of sp³-hybridized carbons (Fsp3) is 0.550. The Labute approximate surface area is 170 Å². The highest BCUT2D eigenvalue weighted by atomic mass is 32.2. The third-order valence-corrected chi connectivity index (χ3v) is 7.51. The zero-order chi connectivity index (χ0) is 20.8. The maximum atomic E-state index is 12.6. The molecule has 4 rings (SSSR count). The third-order valence-electron chi connectivity index (χ3n) is 5.97. The Hall–Kier alpha value is -2.26. The minimum absolute atomic E-state index is 0.0134. The summed E-state index contributed by atoms with van der Waals surface area (Å²) in [5.41, 5.74) is 0.406. The highest BCUT2D eigenvalue weighted by molar-refractivity contribution is 7.89. The van der Waals surface area contributed by atoms with Crippen LogP contribution in [0.4, 0.5) is 5.69 Å². The number of rotatable bonds is 6. The summed E-state index contributed by atoms with van der Waals surface area (Å²) in [6, 6.07) is 4.94. The molecule has 1 saturated heterocycles. The van der Waals surface area contributed by atoms with Crippen molar-refractivity contribution in [2.24, 2.45) is 11.8 Å². The van der Waals surface area contributed by atoms with Gasteiger partial charge in [-0.3, -0.25) is 19.3 Å². The molecule has 1 aromatic carbocycles. The van der Waals surface area contributed by atoms with E-state index in [1.807, 2.05) is 0 Å². The van der Waals surface area contributed by atoms with E-state index in [0.717, 1.165) is 30.6 Å². The average molecular weight is 420 g/mol. The molecule has 2 aliphatic carbocycles. The number of likely N-dealkylation sites (tertiary alicyclic amines) is 1. The monoisotopic (exact) mass is 419 g/mol. The molecular formula is C20H25N3O5S. The third kappa shape index (κ3) is 3.93. The molecule has 0 aromatic heterocycles. The van der Waals surface area contributed by atoms with Crippen LogP contribution in [-0.2, 0) is 24.4 Å². The van der Waals surface area contributed by atoms with Crippen molar-refractivity contribution >= 4 is 33.4 Å². The van der Waals surface area contributed by atoms with Gasteiger partial charge in [0.05, 0.1) is 16.7 Å². The van der Waals surface area contributed by atoms with E-state index in [1.165, 1.54) is 24.3 Å². The van der Waals surface area contributed by atoms with Crippen LogP contribution in [0.25, 0.3) is 0 Å². The molecule has 0 unspecified atom stereocenters. The number of sulfonamides is 1. The zero-order valence-electron chi connectivity index (χ0n) is 16.3. The van der Waals surface area contributed by atoms with Crippen molar-refractivity contribution < 1.29 is 22.8 Å². The molecule has 156 valence electrons. The Morgan fingerprint density at radius 3 is 2.07 bits per heavy atom. The summed E-state index contributed by atoms with van der Waals surface area (Å²) in [5.74, 6) is -1.58. The van der Waals surface area contributed by atoms with Crippen LogP contribution in [-0.4, -0.2) is 43.1 Å². The van der Waals surface area contributed by atoms with Crippen LogP contribution in [0.1, 0.15) is 45.4 Å². The molecule has 8 nitrogen and oxygen atoms in total. The number of benzene rings is 1. The van der Waals surface area contributed by atoms with Gasteiger partial charge in [-0.2, -0.15) is 0 Å².